The summed E-state index contributed by atoms with van der Waals surface area (Å²) in [5, 5.41) is 10.7. The zero-order valence-corrected chi connectivity index (χ0v) is 12.4. The lowest BCUT2D eigenvalue weighted by Crippen LogP contribution is -2.62. The van der Waals surface area contributed by atoms with Crippen LogP contribution < -0.4 is 0 Å². The highest BCUT2D eigenvalue weighted by Crippen LogP contribution is 2.41. The molecule has 4 nitrogen and oxygen atoms in total. The van der Waals surface area contributed by atoms with E-state index in [0.29, 0.717) is 12.5 Å². The number of amides is 1. The number of aliphatic hydroxyl groups excluding tert-OH is 1. The van der Waals surface area contributed by atoms with Gasteiger partial charge in [-0.2, -0.15) is 0 Å². The number of hydrogen-bond acceptors (Lipinski definition) is 3. The molecule has 1 N–H and O–H groups in total. The molecule has 2 heterocycles. The molecule has 21 heavy (non-hydrogen) atoms. The molecule has 1 amide bonds. The van der Waals surface area contributed by atoms with Crippen LogP contribution in [0.2, 0.25) is 0 Å². The number of fused-ring (bicyclic) bond motifs is 3. The molecule has 4 unspecified atom stereocenters. The molecule has 0 radical (unpaired) electrons. The van der Waals surface area contributed by atoms with Gasteiger partial charge in [0, 0.05) is 6.54 Å². The summed E-state index contributed by atoms with van der Waals surface area (Å²) in [4.78, 5) is 13.7. The van der Waals surface area contributed by atoms with Crippen molar-refractivity contribution in [3.8, 4) is 0 Å². The maximum absolute atomic E-state index is 12.0. The lowest BCUT2D eigenvalue weighted by molar-refractivity contribution is -0.0908. The Bertz CT molecular complexity index is 488. The molecule has 4 atom stereocenters. The number of carbonyl (C=O) groups excluding carboxylic acids is 1. The second-order valence-corrected chi connectivity index (χ2v) is 6.10. The van der Waals surface area contributed by atoms with Crippen molar-refractivity contribution in [1.29, 1.82) is 0 Å². The van der Waals surface area contributed by atoms with Crippen LogP contribution in [0.5, 0.6) is 0 Å². The van der Waals surface area contributed by atoms with Crippen LogP contribution in [-0.4, -0.2) is 41.4 Å². The maximum atomic E-state index is 12.0. The molecule has 1 aromatic rings. The summed E-state index contributed by atoms with van der Waals surface area (Å²) in [6.45, 7) is 2.92. The quantitative estimate of drug-likeness (QED) is 0.930. The van der Waals surface area contributed by atoms with Gasteiger partial charge in [-0.1, -0.05) is 30.3 Å². The van der Waals surface area contributed by atoms with Crippen molar-refractivity contribution in [2.45, 2.75) is 38.3 Å². The Morgan fingerprint density at radius 2 is 2.10 bits per heavy atom. The predicted molar refractivity (Wildman–Crippen MR) is 79.9 cm³/mol. The zero-order chi connectivity index (χ0) is 14.8. The van der Waals surface area contributed by atoms with Gasteiger partial charge in [0.2, 0.25) is 0 Å². The van der Waals surface area contributed by atoms with E-state index in [-0.39, 0.29) is 18.1 Å². The molecule has 2 bridgehead atoms. The van der Waals surface area contributed by atoms with Gasteiger partial charge in [0.1, 0.15) is 0 Å². The number of aliphatic hydroxyl groups is 1. The molecule has 4 rings (SSSR count). The number of rotatable bonds is 3. The first-order chi connectivity index (χ1) is 10.2. The fourth-order valence-electron chi connectivity index (χ4n) is 3.88. The third-order valence-corrected chi connectivity index (χ3v) is 4.92. The average Bonchev–Trinajstić information content (AvgIpc) is 2.52. The van der Waals surface area contributed by atoms with E-state index < -0.39 is 6.10 Å². The smallest absolute Gasteiger partial charge is 0.410 e. The summed E-state index contributed by atoms with van der Waals surface area (Å²) in [6.07, 6.45) is 2.15. The van der Waals surface area contributed by atoms with E-state index >= 15 is 0 Å². The van der Waals surface area contributed by atoms with Gasteiger partial charge in [-0.05, 0) is 43.6 Å². The lowest BCUT2D eigenvalue weighted by atomic mass is 9.68. The van der Waals surface area contributed by atoms with Gasteiger partial charge in [-0.15, -0.1) is 0 Å². The van der Waals surface area contributed by atoms with Crippen LogP contribution in [0.1, 0.15) is 25.3 Å². The van der Waals surface area contributed by atoms with Crippen LogP contribution in [0.25, 0.3) is 0 Å². The largest absolute Gasteiger partial charge is 0.450 e. The van der Waals surface area contributed by atoms with E-state index in [1.165, 1.54) is 5.56 Å². The molecule has 4 heteroatoms. The van der Waals surface area contributed by atoms with E-state index in [1.54, 1.807) is 4.90 Å². The first-order valence-electron chi connectivity index (χ1n) is 7.86. The summed E-state index contributed by atoms with van der Waals surface area (Å²) >= 11 is 0. The summed E-state index contributed by atoms with van der Waals surface area (Å²) in [5.74, 6) is 0.617. The summed E-state index contributed by atoms with van der Waals surface area (Å²) in [7, 11) is 0. The SMILES string of the molecule is CCOC(=O)N1CC2CCC1C(O)C2Cc1ccccc1. The Morgan fingerprint density at radius 3 is 2.76 bits per heavy atom. The van der Waals surface area contributed by atoms with Crippen LogP contribution in [0.3, 0.4) is 0 Å². The van der Waals surface area contributed by atoms with Crippen molar-refractivity contribution in [3.05, 3.63) is 35.9 Å². The van der Waals surface area contributed by atoms with Crippen molar-refractivity contribution in [2.24, 2.45) is 11.8 Å². The number of ether oxygens (including phenoxy) is 1. The van der Waals surface area contributed by atoms with Crippen molar-refractivity contribution in [1.82, 2.24) is 4.90 Å². The first-order valence-corrected chi connectivity index (χ1v) is 7.86. The third-order valence-electron chi connectivity index (χ3n) is 4.92. The highest BCUT2D eigenvalue weighted by Gasteiger charge is 2.48. The Kier molecular flexibility index (Phi) is 4.15. The lowest BCUT2D eigenvalue weighted by Gasteiger charge is -2.52. The number of carbonyl (C=O) groups is 1. The van der Waals surface area contributed by atoms with Gasteiger partial charge in [0.05, 0.1) is 18.8 Å². The number of benzene rings is 1. The van der Waals surface area contributed by atoms with Gasteiger partial charge < -0.3 is 14.7 Å². The molecule has 0 spiro atoms. The van der Waals surface area contributed by atoms with Crippen molar-refractivity contribution in [3.63, 3.8) is 0 Å². The number of piperidine rings is 2. The van der Waals surface area contributed by atoms with Gasteiger partial charge >= 0.3 is 6.09 Å². The Morgan fingerprint density at radius 1 is 1.33 bits per heavy atom. The highest BCUT2D eigenvalue weighted by molar-refractivity contribution is 5.68. The van der Waals surface area contributed by atoms with Crippen molar-refractivity contribution < 1.29 is 14.6 Å². The van der Waals surface area contributed by atoms with E-state index in [0.717, 1.165) is 25.8 Å². The molecule has 1 aliphatic carbocycles. The molecule has 0 aromatic heterocycles. The molecular weight excluding hydrogens is 266 g/mol. The Labute approximate surface area is 125 Å². The first kappa shape index (κ1) is 14.4. The van der Waals surface area contributed by atoms with E-state index in [4.69, 9.17) is 4.74 Å². The second-order valence-electron chi connectivity index (χ2n) is 6.10. The van der Waals surface area contributed by atoms with Crippen LogP contribution >= 0.6 is 0 Å². The van der Waals surface area contributed by atoms with Crippen LogP contribution in [0, 0.1) is 11.8 Å². The number of hydrogen-bond donors (Lipinski definition) is 1. The molecule has 3 fully saturated rings. The Balaban J connectivity index is 1.72. The zero-order valence-electron chi connectivity index (χ0n) is 12.4. The van der Waals surface area contributed by atoms with Crippen LogP contribution in [0.4, 0.5) is 4.79 Å². The fraction of sp³-hybridized carbons (Fsp3) is 0.588. The molecule has 114 valence electrons. The average molecular weight is 289 g/mol. The van der Waals surface area contributed by atoms with Gasteiger partial charge in [-0.3, -0.25) is 0 Å². The van der Waals surface area contributed by atoms with Crippen LogP contribution in [0.15, 0.2) is 30.3 Å². The molecule has 2 aliphatic heterocycles. The Hall–Kier alpha value is -1.55. The molecule has 1 saturated carbocycles. The molecular formula is C17H23NO3. The minimum absolute atomic E-state index is 0.0808. The van der Waals surface area contributed by atoms with Crippen LogP contribution in [-0.2, 0) is 11.2 Å². The molecule has 3 aliphatic rings. The van der Waals surface area contributed by atoms with Crippen molar-refractivity contribution >= 4 is 6.09 Å². The van der Waals surface area contributed by atoms with E-state index in [1.807, 2.05) is 25.1 Å². The predicted octanol–water partition coefficient (Wildman–Crippen LogP) is 2.46. The maximum Gasteiger partial charge on any atom is 0.410 e. The highest BCUT2D eigenvalue weighted by atomic mass is 16.6. The fourth-order valence-corrected chi connectivity index (χ4v) is 3.88. The monoisotopic (exact) mass is 289 g/mol. The molecule has 2 saturated heterocycles. The minimum atomic E-state index is -0.442. The summed E-state index contributed by atoms with van der Waals surface area (Å²) < 4.78 is 5.11. The summed E-state index contributed by atoms with van der Waals surface area (Å²) in [6, 6.07) is 10.2. The van der Waals surface area contributed by atoms with E-state index in [9.17, 15) is 9.90 Å². The third kappa shape index (κ3) is 2.77. The van der Waals surface area contributed by atoms with Gasteiger partial charge in [0.25, 0.3) is 0 Å². The van der Waals surface area contributed by atoms with Crippen molar-refractivity contribution in [2.75, 3.05) is 13.2 Å². The minimum Gasteiger partial charge on any atom is -0.450 e. The van der Waals surface area contributed by atoms with Gasteiger partial charge in [0.15, 0.2) is 0 Å². The standard InChI is InChI=1S/C17H23NO3/c1-2-21-17(20)18-11-13-8-9-15(18)16(19)14(13)10-12-6-4-3-5-7-12/h3-7,13-16,19H,2,8-11H2,1H3. The summed E-state index contributed by atoms with van der Waals surface area (Å²) in [5.41, 5.74) is 1.26. The van der Waals surface area contributed by atoms with E-state index in [2.05, 4.69) is 12.1 Å². The second kappa shape index (κ2) is 6.06. The number of nitrogens with zero attached hydrogens (tertiary/aromatic N) is 1. The molecule has 1 aromatic carbocycles. The van der Waals surface area contributed by atoms with Gasteiger partial charge in [-0.25, -0.2) is 4.79 Å². The normalized spacial score (nSPS) is 31.2. The topological polar surface area (TPSA) is 49.8 Å².